The van der Waals surface area contributed by atoms with Gasteiger partial charge < -0.3 is 0 Å². The van der Waals surface area contributed by atoms with Gasteiger partial charge in [0.25, 0.3) is 0 Å². The summed E-state index contributed by atoms with van der Waals surface area (Å²) in [6, 6.07) is 34.0. The summed E-state index contributed by atoms with van der Waals surface area (Å²) in [7, 11) is 0. The lowest BCUT2D eigenvalue weighted by molar-refractivity contribution is 0.248. The van der Waals surface area contributed by atoms with Crippen molar-refractivity contribution < 1.29 is 0 Å². The zero-order valence-corrected chi connectivity index (χ0v) is 15.9. The Bertz CT molecular complexity index is 941. The zero-order chi connectivity index (χ0) is 19.0. The monoisotopic (exact) mass is 364 g/mol. The van der Waals surface area contributed by atoms with Crippen LogP contribution in [0.5, 0.6) is 0 Å². The molecule has 4 rings (SSSR count). The van der Waals surface area contributed by atoms with Crippen molar-refractivity contribution in [2.75, 3.05) is 0 Å². The molecule has 4 aromatic rings. The molecule has 0 saturated heterocycles. The molecule has 138 valence electrons. The van der Waals surface area contributed by atoms with E-state index in [1.54, 1.807) is 0 Å². The molecule has 0 aliphatic heterocycles. The summed E-state index contributed by atoms with van der Waals surface area (Å²) in [5, 5.41) is 0. The van der Waals surface area contributed by atoms with Crippen molar-refractivity contribution in [2.24, 2.45) is 0 Å². The van der Waals surface area contributed by atoms with E-state index in [0.29, 0.717) is 0 Å². The van der Waals surface area contributed by atoms with E-state index in [1.807, 2.05) is 12.4 Å². The highest BCUT2D eigenvalue weighted by atomic mass is 15.1. The molecule has 0 atom stereocenters. The van der Waals surface area contributed by atoms with Crippen LogP contribution in [-0.4, -0.2) is 9.88 Å². The molecule has 0 fully saturated rings. The van der Waals surface area contributed by atoms with Gasteiger partial charge in [-0.15, -0.1) is 0 Å². The van der Waals surface area contributed by atoms with Gasteiger partial charge in [0.15, 0.2) is 0 Å². The average Bonchev–Trinajstić information content (AvgIpc) is 2.76. The van der Waals surface area contributed by atoms with Crippen LogP contribution in [0.2, 0.25) is 0 Å². The van der Waals surface area contributed by atoms with E-state index in [1.165, 1.54) is 27.8 Å². The van der Waals surface area contributed by atoms with Crippen LogP contribution in [0.25, 0.3) is 11.1 Å². The summed E-state index contributed by atoms with van der Waals surface area (Å²) >= 11 is 0. The first-order valence-corrected chi connectivity index (χ1v) is 9.67. The molecule has 0 aliphatic rings. The quantitative estimate of drug-likeness (QED) is 0.403. The highest BCUT2D eigenvalue weighted by molar-refractivity contribution is 5.66. The highest BCUT2D eigenvalue weighted by Crippen LogP contribution is 2.25. The molecule has 0 spiro atoms. The molecule has 0 saturated carbocycles. The summed E-state index contributed by atoms with van der Waals surface area (Å²) in [6.07, 6.45) is 3.88. The van der Waals surface area contributed by atoms with Gasteiger partial charge in [-0.25, -0.2) is 0 Å². The lowest BCUT2D eigenvalue weighted by Gasteiger charge is -2.24. The third kappa shape index (κ3) is 4.73. The van der Waals surface area contributed by atoms with Gasteiger partial charge >= 0.3 is 0 Å². The number of hydrogen-bond donors (Lipinski definition) is 0. The molecule has 0 aliphatic carbocycles. The van der Waals surface area contributed by atoms with E-state index < -0.39 is 0 Å². The number of aromatic nitrogens is 1. The Morgan fingerprint density at radius 1 is 0.571 bits per heavy atom. The van der Waals surface area contributed by atoms with Crippen molar-refractivity contribution >= 4 is 0 Å². The Balaban J connectivity index is 1.62. The summed E-state index contributed by atoms with van der Waals surface area (Å²) in [6.45, 7) is 2.65. The van der Waals surface area contributed by atoms with Gasteiger partial charge in [-0.05, 0) is 33.9 Å². The first-order chi connectivity index (χ1) is 13.9. The SMILES string of the molecule is c1ccc(CN(Cc2ccccc2)Cc2cnccc2-c2ccccc2)cc1. The Morgan fingerprint density at radius 2 is 1.11 bits per heavy atom. The van der Waals surface area contributed by atoms with Crippen LogP contribution < -0.4 is 0 Å². The molecule has 3 aromatic carbocycles. The largest absolute Gasteiger partial charge is 0.291 e. The van der Waals surface area contributed by atoms with Crippen LogP contribution >= 0.6 is 0 Å². The zero-order valence-electron chi connectivity index (χ0n) is 15.9. The first-order valence-electron chi connectivity index (χ1n) is 9.67. The van der Waals surface area contributed by atoms with Gasteiger partial charge in [-0.2, -0.15) is 0 Å². The molecular weight excluding hydrogens is 340 g/mol. The first kappa shape index (κ1) is 18.1. The van der Waals surface area contributed by atoms with Crippen LogP contribution in [0.15, 0.2) is 109 Å². The normalized spacial score (nSPS) is 10.9. The lowest BCUT2D eigenvalue weighted by Crippen LogP contribution is -2.22. The van der Waals surface area contributed by atoms with Crippen molar-refractivity contribution in [3.63, 3.8) is 0 Å². The fourth-order valence-corrected chi connectivity index (χ4v) is 3.54. The van der Waals surface area contributed by atoms with Crippen LogP contribution in [0.3, 0.4) is 0 Å². The molecule has 0 N–H and O–H groups in total. The fraction of sp³-hybridized carbons (Fsp3) is 0.115. The van der Waals surface area contributed by atoms with Crippen LogP contribution in [0, 0.1) is 0 Å². The molecule has 1 heterocycles. The molecule has 0 amide bonds. The number of hydrogen-bond acceptors (Lipinski definition) is 2. The maximum Gasteiger partial charge on any atom is 0.0319 e. The van der Waals surface area contributed by atoms with E-state index in [9.17, 15) is 0 Å². The second kappa shape index (κ2) is 9.12. The van der Waals surface area contributed by atoms with Crippen molar-refractivity contribution in [1.82, 2.24) is 9.88 Å². The minimum absolute atomic E-state index is 0.849. The minimum atomic E-state index is 0.849. The molecule has 0 bridgehead atoms. The second-order valence-corrected chi connectivity index (χ2v) is 7.02. The van der Waals surface area contributed by atoms with Crippen molar-refractivity contribution in [3.05, 3.63) is 126 Å². The Morgan fingerprint density at radius 3 is 1.68 bits per heavy atom. The molecule has 0 unspecified atom stereocenters. The van der Waals surface area contributed by atoms with Crippen LogP contribution in [0.4, 0.5) is 0 Å². The number of rotatable bonds is 7. The fourth-order valence-electron chi connectivity index (χ4n) is 3.54. The summed E-state index contributed by atoms with van der Waals surface area (Å²) in [4.78, 5) is 6.89. The minimum Gasteiger partial charge on any atom is -0.291 e. The summed E-state index contributed by atoms with van der Waals surface area (Å²) in [5.41, 5.74) is 6.38. The van der Waals surface area contributed by atoms with E-state index in [2.05, 4.69) is 107 Å². The van der Waals surface area contributed by atoms with Crippen LogP contribution in [-0.2, 0) is 19.6 Å². The van der Waals surface area contributed by atoms with Gasteiger partial charge in [0.2, 0.25) is 0 Å². The van der Waals surface area contributed by atoms with Crippen molar-refractivity contribution in [3.8, 4) is 11.1 Å². The van der Waals surface area contributed by atoms with E-state index in [-0.39, 0.29) is 0 Å². The number of benzene rings is 3. The van der Waals surface area contributed by atoms with Gasteiger partial charge in [0, 0.05) is 32.0 Å². The molecule has 2 heteroatoms. The summed E-state index contributed by atoms with van der Waals surface area (Å²) in [5.74, 6) is 0. The van der Waals surface area contributed by atoms with Crippen molar-refractivity contribution in [1.29, 1.82) is 0 Å². The maximum absolute atomic E-state index is 4.41. The van der Waals surface area contributed by atoms with Crippen molar-refractivity contribution in [2.45, 2.75) is 19.6 Å². The van der Waals surface area contributed by atoms with Crippen LogP contribution in [0.1, 0.15) is 16.7 Å². The molecule has 28 heavy (non-hydrogen) atoms. The maximum atomic E-state index is 4.41. The van der Waals surface area contributed by atoms with Gasteiger partial charge in [0.05, 0.1) is 0 Å². The molecule has 2 nitrogen and oxygen atoms in total. The lowest BCUT2D eigenvalue weighted by atomic mass is 10.0. The average molecular weight is 364 g/mol. The standard InChI is InChI=1S/C26H24N2/c1-4-10-22(11-5-1)19-28(20-23-12-6-2-7-13-23)21-25-18-27-17-16-26(25)24-14-8-3-9-15-24/h1-18H,19-21H2. The smallest absolute Gasteiger partial charge is 0.0319 e. The second-order valence-electron chi connectivity index (χ2n) is 7.02. The van der Waals surface area contributed by atoms with E-state index >= 15 is 0 Å². The van der Waals surface area contributed by atoms with E-state index in [4.69, 9.17) is 0 Å². The molecule has 1 aromatic heterocycles. The van der Waals surface area contributed by atoms with E-state index in [0.717, 1.165) is 19.6 Å². The number of pyridine rings is 1. The number of nitrogens with zero attached hydrogens (tertiary/aromatic N) is 2. The van der Waals surface area contributed by atoms with Gasteiger partial charge in [-0.1, -0.05) is 91.0 Å². The summed E-state index contributed by atoms with van der Waals surface area (Å²) < 4.78 is 0. The highest BCUT2D eigenvalue weighted by Gasteiger charge is 2.12. The topological polar surface area (TPSA) is 16.1 Å². The third-order valence-electron chi connectivity index (χ3n) is 4.88. The molecule has 0 radical (unpaired) electrons. The van der Waals surface area contributed by atoms with Gasteiger partial charge in [-0.3, -0.25) is 9.88 Å². The third-order valence-corrected chi connectivity index (χ3v) is 4.88. The Hall–Kier alpha value is -3.23. The Kier molecular flexibility index (Phi) is 5.91. The Labute approximate surface area is 167 Å². The predicted octanol–water partition coefficient (Wildman–Crippen LogP) is 5.95. The van der Waals surface area contributed by atoms with Gasteiger partial charge in [0.1, 0.15) is 0 Å². The predicted molar refractivity (Wildman–Crippen MR) is 116 cm³/mol. The molecular formula is C26H24N2.